The van der Waals surface area contributed by atoms with E-state index < -0.39 is 5.82 Å². The average Bonchev–Trinajstić information content (AvgIpc) is 2.61. The molecule has 1 atom stereocenters. The van der Waals surface area contributed by atoms with Crippen molar-refractivity contribution in [3.05, 3.63) is 71.0 Å². The van der Waals surface area contributed by atoms with Crippen LogP contribution in [0.4, 0.5) is 4.39 Å². The first-order valence-electron chi connectivity index (χ1n) is 8.40. The molecule has 0 fully saturated rings. The molecule has 128 valence electrons. The van der Waals surface area contributed by atoms with Crippen molar-refractivity contribution in [2.24, 2.45) is 0 Å². The van der Waals surface area contributed by atoms with Crippen molar-refractivity contribution in [1.82, 2.24) is 10.2 Å². The van der Waals surface area contributed by atoms with Gasteiger partial charge in [-0.3, -0.25) is 9.69 Å². The molecule has 2 aromatic rings. The zero-order valence-corrected chi connectivity index (χ0v) is 14.6. The fourth-order valence-electron chi connectivity index (χ4n) is 2.92. The summed E-state index contributed by atoms with van der Waals surface area (Å²) < 4.78 is 13.4. The lowest BCUT2D eigenvalue weighted by Gasteiger charge is -2.30. The van der Waals surface area contributed by atoms with Gasteiger partial charge < -0.3 is 5.32 Å². The maximum atomic E-state index is 13.4. The number of halogens is 1. The van der Waals surface area contributed by atoms with Crippen LogP contribution in [0.3, 0.4) is 0 Å². The lowest BCUT2D eigenvalue weighted by molar-refractivity contribution is 0.0934. The molecular weight excluding hydrogens is 303 g/mol. The van der Waals surface area contributed by atoms with E-state index >= 15 is 0 Å². The molecule has 24 heavy (non-hydrogen) atoms. The summed E-state index contributed by atoms with van der Waals surface area (Å²) in [5.41, 5.74) is 2.33. The molecule has 0 saturated carbocycles. The maximum absolute atomic E-state index is 13.4. The van der Waals surface area contributed by atoms with Crippen LogP contribution in [0.1, 0.15) is 41.4 Å². The monoisotopic (exact) mass is 328 g/mol. The van der Waals surface area contributed by atoms with Crippen LogP contribution in [0.25, 0.3) is 0 Å². The Bertz CT molecular complexity index is 669. The summed E-state index contributed by atoms with van der Waals surface area (Å²) in [6.07, 6.45) is 0. The van der Waals surface area contributed by atoms with Gasteiger partial charge in [0.25, 0.3) is 5.91 Å². The number of carbonyl (C=O) groups is 1. The highest BCUT2D eigenvalue weighted by molar-refractivity contribution is 5.95. The summed E-state index contributed by atoms with van der Waals surface area (Å²) in [7, 11) is 0. The minimum atomic E-state index is -0.394. The highest BCUT2D eigenvalue weighted by Crippen LogP contribution is 2.20. The lowest BCUT2D eigenvalue weighted by atomic mass is 10.0. The largest absolute Gasteiger partial charge is 0.350 e. The van der Waals surface area contributed by atoms with E-state index in [0.29, 0.717) is 12.1 Å². The van der Waals surface area contributed by atoms with Crippen LogP contribution in [0, 0.1) is 12.7 Å². The first-order chi connectivity index (χ1) is 11.6. The molecule has 0 radical (unpaired) electrons. The predicted octanol–water partition coefficient (Wildman–Crippen LogP) is 3.95. The molecule has 0 bridgehead atoms. The van der Waals surface area contributed by atoms with E-state index in [-0.39, 0.29) is 11.9 Å². The SMILES string of the molecule is CCN(CC)C(CNC(=O)c1cc(F)ccc1C)c1ccccc1. The fraction of sp³-hybridized carbons (Fsp3) is 0.350. The number of nitrogens with zero attached hydrogens (tertiary/aromatic N) is 1. The van der Waals surface area contributed by atoms with Crippen molar-refractivity contribution in [3.8, 4) is 0 Å². The van der Waals surface area contributed by atoms with Crippen molar-refractivity contribution >= 4 is 5.91 Å². The normalized spacial score (nSPS) is 12.2. The molecule has 0 spiro atoms. The van der Waals surface area contributed by atoms with E-state index in [1.807, 2.05) is 25.1 Å². The topological polar surface area (TPSA) is 32.3 Å². The van der Waals surface area contributed by atoms with Gasteiger partial charge in [-0.25, -0.2) is 4.39 Å². The second kappa shape index (κ2) is 8.60. The molecule has 0 aliphatic carbocycles. The van der Waals surface area contributed by atoms with Crippen molar-refractivity contribution in [1.29, 1.82) is 0 Å². The van der Waals surface area contributed by atoms with Gasteiger partial charge in [0.2, 0.25) is 0 Å². The Labute approximate surface area is 143 Å². The van der Waals surface area contributed by atoms with E-state index in [1.54, 1.807) is 6.07 Å². The van der Waals surface area contributed by atoms with Gasteiger partial charge in [0.15, 0.2) is 0 Å². The molecular formula is C20H25FN2O. The Morgan fingerprint density at radius 1 is 1.12 bits per heavy atom. The maximum Gasteiger partial charge on any atom is 0.251 e. The number of amides is 1. The smallest absolute Gasteiger partial charge is 0.251 e. The molecule has 1 N–H and O–H groups in total. The highest BCUT2D eigenvalue weighted by Gasteiger charge is 2.19. The molecule has 2 aromatic carbocycles. The summed E-state index contributed by atoms with van der Waals surface area (Å²) in [5.74, 6) is -0.630. The zero-order valence-electron chi connectivity index (χ0n) is 14.6. The van der Waals surface area contributed by atoms with Crippen LogP contribution in [0.5, 0.6) is 0 Å². The minimum Gasteiger partial charge on any atom is -0.350 e. The van der Waals surface area contributed by atoms with Gasteiger partial charge in [0.05, 0.1) is 6.04 Å². The minimum absolute atomic E-state index is 0.0963. The molecule has 0 aromatic heterocycles. The Kier molecular flexibility index (Phi) is 6.50. The number of aryl methyl sites for hydroxylation is 1. The highest BCUT2D eigenvalue weighted by atomic mass is 19.1. The van der Waals surface area contributed by atoms with Crippen LogP contribution < -0.4 is 5.32 Å². The first-order valence-corrected chi connectivity index (χ1v) is 8.40. The number of hydrogen-bond donors (Lipinski definition) is 1. The third kappa shape index (κ3) is 4.42. The molecule has 0 aliphatic rings. The average molecular weight is 328 g/mol. The van der Waals surface area contributed by atoms with Crippen molar-refractivity contribution in [2.45, 2.75) is 26.8 Å². The predicted molar refractivity (Wildman–Crippen MR) is 95.6 cm³/mol. The Balaban J connectivity index is 2.15. The van der Waals surface area contributed by atoms with Gasteiger partial charge in [-0.2, -0.15) is 0 Å². The molecule has 0 aliphatic heterocycles. The molecule has 0 saturated heterocycles. The van der Waals surface area contributed by atoms with Crippen molar-refractivity contribution in [2.75, 3.05) is 19.6 Å². The van der Waals surface area contributed by atoms with Crippen LogP contribution in [-0.2, 0) is 0 Å². The second-order valence-electron chi connectivity index (χ2n) is 5.82. The molecule has 0 heterocycles. The standard InChI is InChI=1S/C20H25FN2O/c1-4-23(5-2)19(16-9-7-6-8-10-16)14-22-20(24)18-13-17(21)12-11-15(18)3/h6-13,19H,4-5,14H2,1-3H3,(H,22,24). The first kappa shape index (κ1) is 18.1. The third-order valence-electron chi connectivity index (χ3n) is 4.34. The van der Waals surface area contributed by atoms with Gasteiger partial charge in [-0.15, -0.1) is 0 Å². The summed E-state index contributed by atoms with van der Waals surface area (Å²) in [6, 6.07) is 14.5. The molecule has 1 unspecified atom stereocenters. The van der Waals surface area contributed by atoms with E-state index in [1.165, 1.54) is 12.1 Å². The Hall–Kier alpha value is -2.20. The van der Waals surface area contributed by atoms with Crippen molar-refractivity contribution in [3.63, 3.8) is 0 Å². The van der Waals surface area contributed by atoms with Crippen LogP contribution in [-0.4, -0.2) is 30.4 Å². The summed E-state index contributed by atoms with van der Waals surface area (Å²) in [5, 5.41) is 2.97. The Morgan fingerprint density at radius 2 is 1.79 bits per heavy atom. The second-order valence-corrected chi connectivity index (χ2v) is 5.82. The third-order valence-corrected chi connectivity index (χ3v) is 4.34. The van der Waals surface area contributed by atoms with Crippen LogP contribution in [0.15, 0.2) is 48.5 Å². The molecule has 3 nitrogen and oxygen atoms in total. The molecule has 4 heteroatoms. The number of likely N-dealkylation sites (N-methyl/N-ethyl adjacent to an activating group) is 1. The zero-order chi connectivity index (χ0) is 17.5. The Morgan fingerprint density at radius 3 is 2.42 bits per heavy atom. The quantitative estimate of drug-likeness (QED) is 0.835. The van der Waals surface area contributed by atoms with Gasteiger partial charge in [-0.05, 0) is 43.3 Å². The number of rotatable bonds is 7. The molecule has 1 amide bonds. The lowest BCUT2D eigenvalue weighted by Crippen LogP contribution is -2.38. The molecule has 2 rings (SSSR count). The van der Waals surface area contributed by atoms with E-state index in [0.717, 1.165) is 24.2 Å². The van der Waals surface area contributed by atoms with Crippen molar-refractivity contribution < 1.29 is 9.18 Å². The number of benzene rings is 2. The number of hydrogen-bond acceptors (Lipinski definition) is 2. The fourth-order valence-corrected chi connectivity index (χ4v) is 2.92. The van der Waals surface area contributed by atoms with Crippen LogP contribution >= 0.6 is 0 Å². The van der Waals surface area contributed by atoms with E-state index in [4.69, 9.17) is 0 Å². The number of carbonyl (C=O) groups excluding carboxylic acids is 1. The van der Waals surface area contributed by atoms with Crippen LogP contribution in [0.2, 0.25) is 0 Å². The van der Waals surface area contributed by atoms with Gasteiger partial charge in [0, 0.05) is 12.1 Å². The van der Waals surface area contributed by atoms with E-state index in [2.05, 4.69) is 36.2 Å². The summed E-state index contributed by atoms with van der Waals surface area (Å²) in [4.78, 5) is 14.8. The van der Waals surface area contributed by atoms with E-state index in [9.17, 15) is 9.18 Å². The van der Waals surface area contributed by atoms with Gasteiger partial charge in [0.1, 0.15) is 5.82 Å². The number of nitrogens with one attached hydrogen (secondary N) is 1. The van der Waals surface area contributed by atoms with Gasteiger partial charge in [-0.1, -0.05) is 50.2 Å². The summed E-state index contributed by atoms with van der Waals surface area (Å²) >= 11 is 0. The van der Waals surface area contributed by atoms with Gasteiger partial charge >= 0.3 is 0 Å². The summed E-state index contributed by atoms with van der Waals surface area (Å²) in [6.45, 7) is 8.31.